The molecule has 6 heteroatoms. The molecule has 2 fully saturated rings. The Morgan fingerprint density at radius 2 is 1.65 bits per heavy atom. The van der Waals surface area contributed by atoms with Gasteiger partial charge in [-0.2, -0.15) is 15.0 Å². The highest BCUT2D eigenvalue weighted by molar-refractivity contribution is 6.30. The van der Waals surface area contributed by atoms with Crippen molar-refractivity contribution in [1.29, 1.82) is 0 Å². The smallest absolute Gasteiger partial charge is 0.227 e. The number of piperidine rings is 1. The van der Waals surface area contributed by atoms with Gasteiger partial charge in [-0.05, 0) is 43.4 Å². The number of aromatic nitrogens is 3. The van der Waals surface area contributed by atoms with Crippen LogP contribution < -0.4 is 0 Å². The van der Waals surface area contributed by atoms with Crippen LogP contribution in [0, 0.1) is 0 Å². The van der Waals surface area contributed by atoms with Gasteiger partial charge in [0.15, 0.2) is 0 Å². The maximum Gasteiger partial charge on any atom is 0.227 e. The Kier molecular flexibility index (Phi) is 3.81. The minimum Gasteiger partial charge on any atom is -0.336 e. The van der Waals surface area contributed by atoms with Gasteiger partial charge in [-0.3, -0.25) is 4.79 Å². The van der Waals surface area contributed by atoms with E-state index in [9.17, 15) is 4.79 Å². The van der Waals surface area contributed by atoms with Crippen molar-refractivity contribution in [3.63, 3.8) is 0 Å². The molecule has 23 heavy (non-hydrogen) atoms. The monoisotopic (exact) mass is 330 g/mol. The van der Waals surface area contributed by atoms with E-state index < -0.39 is 0 Å². The summed E-state index contributed by atoms with van der Waals surface area (Å²) in [6.45, 7) is 0. The lowest BCUT2D eigenvalue weighted by Gasteiger charge is -2.38. The number of rotatable bonds is 3. The van der Waals surface area contributed by atoms with Crippen molar-refractivity contribution in [2.24, 2.45) is 0 Å². The quantitative estimate of drug-likeness (QED) is 0.869. The molecule has 2 aromatic rings. The zero-order valence-corrected chi connectivity index (χ0v) is 13.6. The second kappa shape index (κ2) is 5.96. The molecule has 0 radical (unpaired) electrons. The number of carbonyl (C=O) groups excluding carboxylic acids is 1. The highest BCUT2D eigenvalue weighted by atomic mass is 35.5. The summed E-state index contributed by atoms with van der Waals surface area (Å²) in [7, 11) is 0. The van der Waals surface area contributed by atoms with Crippen molar-refractivity contribution < 1.29 is 4.79 Å². The third-order valence-electron chi connectivity index (χ3n) is 5.03. The predicted molar refractivity (Wildman–Crippen MR) is 87.1 cm³/mol. The van der Waals surface area contributed by atoms with Crippen LogP contribution in [0.25, 0.3) is 0 Å². The summed E-state index contributed by atoms with van der Waals surface area (Å²) in [5, 5.41) is 9.25. The SMILES string of the molecule is O=C(Cc1ccc(Cl)cc1)N1C2CCC1CC(n1nccn1)C2. The molecule has 0 N–H and O–H groups in total. The molecule has 2 unspecified atom stereocenters. The number of fused-ring (bicyclic) bond motifs is 2. The Bertz CT molecular complexity index is 671. The molecule has 3 heterocycles. The van der Waals surface area contributed by atoms with Crippen LogP contribution in [0.2, 0.25) is 5.02 Å². The lowest BCUT2D eigenvalue weighted by molar-refractivity contribution is -0.135. The molecular weight excluding hydrogens is 312 g/mol. The first-order valence-electron chi connectivity index (χ1n) is 8.12. The Labute approximate surface area is 140 Å². The van der Waals surface area contributed by atoms with E-state index in [0.29, 0.717) is 29.6 Å². The lowest BCUT2D eigenvalue weighted by atomic mass is 9.97. The van der Waals surface area contributed by atoms with Gasteiger partial charge in [-0.15, -0.1) is 0 Å². The summed E-state index contributed by atoms with van der Waals surface area (Å²) in [4.78, 5) is 16.7. The van der Waals surface area contributed by atoms with Gasteiger partial charge >= 0.3 is 0 Å². The number of hydrogen-bond acceptors (Lipinski definition) is 3. The molecule has 2 aliphatic rings. The maximum absolute atomic E-state index is 12.8. The van der Waals surface area contributed by atoms with Crippen LogP contribution >= 0.6 is 11.6 Å². The average Bonchev–Trinajstić information content (AvgIpc) is 3.16. The normalized spacial score (nSPS) is 26.5. The molecule has 1 aromatic carbocycles. The predicted octanol–water partition coefficient (Wildman–Crippen LogP) is 2.87. The van der Waals surface area contributed by atoms with Crippen molar-refractivity contribution in [1.82, 2.24) is 19.9 Å². The first kappa shape index (κ1) is 14.7. The van der Waals surface area contributed by atoms with E-state index in [0.717, 1.165) is 31.2 Å². The van der Waals surface area contributed by atoms with Crippen LogP contribution in [0.1, 0.15) is 37.3 Å². The summed E-state index contributed by atoms with van der Waals surface area (Å²) in [5.41, 5.74) is 1.02. The molecule has 120 valence electrons. The van der Waals surface area contributed by atoms with E-state index in [1.54, 1.807) is 12.4 Å². The highest BCUT2D eigenvalue weighted by Gasteiger charge is 2.43. The Balaban J connectivity index is 1.46. The standard InChI is InChI=1S/C17H19ClN4O/c18-13-3-1-12(2-4-13)9-17(23)21-14-5-6-15(21)11-16(10-14)22-19-7-8-20-22/h1-4,7-8,14-16H,5-6,9-11H2. The van der Waals surface area contributed by atoms with Crippen molar-refractivity contribution in [3.8, 4) is 0 Å². The van der Waals surface area contributed by atoms with Crippen molar-refractivity contribution in [2.45, 2.75) is 50.2 Å². The van der Waals surface area contributed by atoms with Crippen LogP contribution in [-0.4, -0.2) is 37.9 Å². The summed E-state index contributed by atoms with van der Waals surface area (Å²) in [6, 6.07) is 8.52. The molecule has 2 aliphatic heterocycles. The summed E-state index contributed by atoms with van der Waals surface area (Å²) < 4.78 is 0. The third-order valence-corrected chi connectivity index (χ3v) is 5.28. The van der Waals surface area contributed by atoms with Crippen LogP contribution in [0.5, 0.6) is 0 Å². The summed E-state index contributed by atoms with van der Waals surface area (Å²) in [5.74, 6) is 0.228. The molecule has 2 bridgehead atoms. The van der Waals surface area contributed by atoms with Crippen LogP contribution in [0.4, 0.5) is 0 Å². The number of amides is 1. The van der Waals surface area contributed by atoms with Crippen molar-refractivity contribution in [2.75, 3.05) is 0 Å². The van der Waals surface area contributed by atoms with Gasteiger partial charge in [0.05, 0.1) is 24.9 Å². The van der Waals surface area contributed by atoms with E-state index in [1.807, 2.05) is 29.1 Å². The van der Waals surface area contributed by atoms with Gasteiger partial charge in [-0.25, -0.2) is 0 Å². The number of carbonyl (C=O) groups is 1. The van der Waals surface area contributed by atoms with Crippen LogP contribution in [0.3, 0.4) is 0 Å². The van der Waals surface area contributed by atoms with E-state index in [4.69, 9.17) is 11.6 Å². The third kappa shape index (κ3) is 2.85. The molecule has 4 rings (SSSR count). The minimum atomic E-state index is 0.228. The van der Waals surface area contributed by atoms with E-state index >= 15 is 0 Å². The number of nitrogens with zero attached hydrogens (tertiary/aromatic N) is 4. The number of hydrogen-bond donors (Lipinski definition) is 0. The fraction of sp³-hybridized carbons (Fsp3) is 0.471. The highest BCUT2D eigenvalue weighted by Crippen LogP contribution is 2.40. The zero-order valence-electron chi connectivity index (χ0n) is 12.8. The van der Waals surface area contributed by atoms with Gasteiger partial charge in [-0.1, -0.05) is 23.7 Å². The number of benzene rings is 1. The second-order valence-electron chi connectivity index (χ2n) is 6.46. The zero-order chi connectivity index (χ0) is 15.8. The largest absolute Gasteiger partial charge is 0.336 e. The summed E-state index contributed by atoms with van der Waals surface area (Å²) in [6.07, 6.45) is 7.99. The fourth-order valence-electron chi connectivity index (χ4n) is 4.03. The summed E-state index contributed by atoms with van der Waals surface area (Å²) >= 11 is 5.91. The Morgan fingerprint density at radius 1 is 1.04 bits per heavy atom. The van der Waals surface area contributed by atoms with Crippen molar-refractivity contribution >= 4 is 17.5 Å². The molecule has 2 saturated heterocycles. The molecule has 0 spiro atoms. The number of halogens is 1. The van der Waals surface area contributed by atoms with E-state index in [-0.39, 0.29) is 5.91 Å². The van der Waals surface area contributed by atoms with E-state index in [1.165, 1.54) is 0 Å². The van der Waals surface area contributed by atoms with Gasteiger partial charge in [0.2, 0.25) is 5.91 Å². The minimum absolute atomic E-state index is 0.228. The van der Waals surface area contributed by atoms with Gasteiger partial charge in [0.25, 0.3) is 0 Å². The molecule has 1 aromatic heterocycles. The Morgan fingerprint density at radius 3 is 2.26 bits per heavy atom. The van der Waals surface area contributed by atoms with Crippen molar-refractivity contribution in [3.05, 3.63) is 47.2 Å². The maximum atomic E-state index is 12.8. The second-order valence-corrected chi connectivity index (χ2v) is 6.90. The van der Waals surface area contributed by atoms with E-state index in [2.05, 4.69) is 15.1 Å². The first-order valence-corrected chi connectivity index (χ1v) is 8.50. The van der Waals surface area contributed by atoms with Crippen LogP contribution in [-0.2, 0) is 11.2 Å². The molecule has 0 saturated carbocycles. The van der Waals surface area contributed by atoms with Gasteiger partial charge in [0, 0.05) is 17.1 Å². The fourth-order valence-corrected chi connectivity index (χ4v) is 4.15. The lowest BCUT2D eigenvalue weighted by Crippen LogP contribution is -2.47. The molecular formula is C17H19ClN4O. The van der Waals surface area contributed by atoms with Gasteiger partial charge in [0.1, 0.15) is 0 Å². The molecule has 1 amide bonds. The topological polar surface area (TPSA) is 51.0 Å². The van der Waals surface area contributed by atoms with Gasteiger partial charge < -0.3 is 4.90 Å². The first-order chi connectivity index (χ1) is 11.2. The molecule has 0 aliphatic carbocycles. The molecule has 2 atom stereocenters. The molecule has 5 nitrogen and oxygen atoms in total. The average molecular weight is 331 g/mol. The Hall–Kier alpha value is -1.88. The van der Waals surface area contributed by atoms with Crippen LogP contribution in [0.15, 0.2) is 36.7 Å².